The third-order valence-corrected chi connectivity index (χ3v) is 3.99. The molecule has 1 heterocycles. The maximum Gasteiger partial charge on any atom is 0.192 e. The summed E-state index contributed by atoms with van der Waals surface area (Å²) in [7, 11) is 0. The molecular formula is C14H15BrClNO6. The highest BCUT2D eigenvalue weighted by Crippen LogP contribution is 2.24. The molecule has 0 radical (unpaired) electrons. The number of para-hydroxylation sites is 1. The van der Waals surface area contributed by atoms with Gasteiger partial charge in [-0.2, -0.15) is 0 Å². The van der Waals surface area contributed by atoms with Crippen molar-refractivity contribution in [2.24, 2.45) is 0 Å². The van der Waals surface area contributed by atoms with Crippen molar-refractivity contribution in [3.8, 4) is 5.88 Å². The molecule has 2 aromatic rings. The van der Waals surface area contributed by atoms with Crippen molar-refractivity contribution in [2.75, 3.05) is 6.61 Å². The number of halogens is 2. The van der Waals surface area contributed by atoms with Gasteiger partial charge in [-0.3, -0.25) is 8.12 Å². The maximum atomic E-state index is 11.0. The molecule has 0 spiro atoms. The quantitative estimate of drug-likeness (QED) is 0.546. The first kappa shape index (κ1) is 18.2. The van der Waals surface area contributed by atoms with E-state index in [0.717, 1.165) is 10.9 Å². The average molecular weight is 409 g/mol. The van der Waals surface area contributed by atoms with Gasteiger partial charge in [0, 0.05) is 17.0 Å². The molecule has 9 heteroatoms. The number of fused-ring (bicyclic) bond motifs is 1. The molecule has 0 saturated heterocycles. The molecular weight excluding hydrogens is 394 g/mol. The molecule has 0 unspecified atom stereocenters. The Morgan fingerprint density at radius 3 is 2.65 bits per heavy atom. The van der Waals surface area contributed by atoms with Crippen LogP contribution in [0.1, 0.15) is 0 Å². The number of nitrogens with one attached hydrogen (secondary N) is 1. The van der Waals surface area contributed by atoms with Crippen LogP contribution in [0.3, 0.4) is 0 Å². The fourth-order valence-corrected chi connectivity index (χ4v) is 2.78. The van der Waals surface area contributed by atoms with Gasteiger partial charge >= 0.3 is 0 Å². The van der Waals surface area contributed by atoms with Crippen LogP contribution in [0.5, 0.6) is 5.88 Å². The highest BCUT2D eigenvalue weighted by atomic mass is 79.9. The van der Waals surface area contributed by atoms with Gasteiger partial charge in [0.2, 0.25) is 0 Å². The lowest BCUT2D eigenvalue weighted by Crippen LogP contribution is -2.50. The van der Waals surface area contributed by atoms with Crippen LogP contribution in [0.25, 0.3) is 10.9 Å². The molecule has 3 N–H and O–H groups in total. The summed E-state index contributed by atoms with van der Waals surface area (Å²) in [6.07, 6.45) is -4.47. The first-order valence-corrected chi connectivity index (χ1v) is 7.63. The van der Waals surface area contributed by atoms with E-state index >= 15 is 0 Å². The standard InChI is InChI=1S/C14H15BrClNO6/c15-22-14(11(7-19)23-16)13(10(20)6-18)21-12-5-8-3-1-2-4-9(8)17-12/h1-6,10-11,13-14,17,19-20H,7H2/t10-,11+,13+,14-/m0/s1. The Hall–Kier alpha value is -1.16. The number of aliphatic hydroxyl groups excluding tert-OH is 2. The van der Waals surface area contributed by atoms with E-state index in [0.29, 0.717) is 12.2 Å². The SMILES string of the molecule is O=C[C@H](O)[C@@H](Oc1cc2ccccc2[nH]1)[C@@H](OBr)[C@@H](CO)OCl. The molecule has 0 bridgehead atoms. The van der Waals surface area contributed by atoms with E-state index in [1.807, 2.05) is 24.3 Å². The Morgan fingerprint density at radius 1 is 1.35 bits per heavy atom. The Kier molecular flexibility index (Phi) is 6.82. The first-order valence-electron chi connectivity index (χ1n) is 6.68. The van der Waals surface area contributed by atoms with Crippen LogP contribution in [0.2, 0.25) is 0 Å². The minimum Gasteiger partial charge on any atom is -0.469 e. The molecule has 4 atom stereocenters. The second kappa shape index (κ2) is 8.62. The van der Waals surface area contributed by atoms with Crippen molar-refractivity contribution >= 4 is 45.3 Å². The minimum absolute atomic E-state index is 0.301. The Morgan fingerprint density at radius 2 is 2.09 bits per heavy atom. The van der Waals surface area contributed by atoms with Gasteiger partial charge in [0.25, 0.3) is 0 Å². The van der Waals surface area contributed by atoms with Crippen LogP contribution in [0.4, 0.5) is 0 Å². The molecule has 1 aromatic carbocycles. The number of aldehydes is 1. The van der Waals surface area contributed by atoms with E-state index in [1.165, 1.54) is 0 Å². The summed E-state index contributed by atoms with van der Waals surface area (Å²) in [5.74, 6) is 0.318. The second-order valence-electron chi connectivity index (χ2n) is 4.79. The smallest absolute Gasteiger partial charge is 0.192 e. The normalized spacial score (nSPS) is 16.7. The van der Waals surface area contributed by atoms with Crippen LogP contribution < -0.4 is 4.74 Å². The third kappa shape index (κ3) is 4.23. The molecule has 1 aromatic heterocycles. The molecule has 7 nitrogen and oxygen atoms in total. The van der Waals surface area contributed by atoms with Crippen LogP contribution in [-0.4, -0.2) is 52.5 Å². The number of benzene rings is 1. The van der Waals surface area contributed by atoms with Gasteiger partial charge in [0.15, 0.2) is 18.3 Å². The Labute approximate surface area is 145 Å². The van der Waals surface area contributed by atoms with E-state index in [9.17, 15) is 15.0 Å². The molecule has 0 saturated carbocycles. The lowest BCUT2D eigenvalue weighted by Gasteiger charge is -2.29. The number of H-pyrrole nitrogens is 1. The summed E-state index contributed by atoms with van der Waals surface area (Å²) in [5, 5.41) is 20.1. The van der Waals surface area contributed by atoms with Crippen molar-refractivity contribution in [1.29, 1.82) is 0 Å². The van der Waals surface area contributed by atoms with Crippen LogP contribution in [0, 0.1) is 0 Å². The number of aliphatic hydroxyl groups is 2. The summed E-state index contributed by atoms with van der Waals surface area (Å²) in [6.45, 7) is -0.502. The van der Waals surface area contributed by atoms with E-state index in [1.54, 1.807) is 6.07 Å². The summed E-state index contributed by atoms with van der Waals surface area (Å²) in [4.78, 5) is 14.0. The number of aromatic amines is 1. The van der Waals surface area contributed by atoms with Gasteiger partial charge in [-0.15, -0.1) is 0 Å². The molecule has 0 aliphatic carbocycles. The van der Waals surface area contributed by atoms with E-state index in [4.69, 9.17) is 20.4 Å². The lowest BCUT2D eigenvalue weighted by atomic mass is 10.0. The topological polar surface area (TPSA) is 101 Å². The zero-order valence-electron chi connectivity index (χ0n) is 11.8. The third-order valence-electron chi connectivity index (χ3n) is 3.33. The number of ether oxygens (including phenoxy) is 1. The number of hydrogen-bond acceptors (Lipinski definition) is 6. The predicted molar refractivity (Wildman–Crippen MR) is 86.4 cm³/mol. The van der Waals surface area contributed by atoms with Gasteiger partial charge in [-0.05, 0) is 6.07 Å². The van der Waals surface area contributed by atoms with Crippen molar-refractivity contribution in [2.45, 2.75) is 24.4 Å². The van der Waals surface area contributed by atoms with Crippen molar-refractivity contribution in [3.63, 3.8) is 0 Å². The predicted octanol–water partition coefficient (Wildman–Crippen LogP) is 1.70. The number of aromatic nitrogens is 1. The summed E-state index contributed by atoms with van der Waals surface area (Å²) in [6, 6.07) is 9.16. The zero-order valence-corrected chi connectivity index (χ0v) is 14.1. The fraction of sp³-hybridized carbons (Fsp3) is 0.357. The Balaban J connectivity index is 2.28. The molecule has 0 fully saturated rings. The highest BCUT2D eigenvalue weighted by Gasteiger charge is 2.38. The minimum atomic E-state index is -1.52. The largest absolute Gasteiger partial charge is 0.469 e. The number of carbonyl (C=O) groups is 1. The fourth-order valence-electron chi connectivity index (χ4n) is 2.17. The van der Waals surface area contributed by atoms with Gasteiger partial charge in [-0.25, -0.2) is 0 Å². The lowest BCUT2D eigenvalue weighted by molar-refractivity contribution is -0.126. The molecule has 23 heavy (non-hydrogen) atoms. The number of carbonyl (C=O) groups excluding carboxylic acids is 1. The summed E-state index contributed by atoms with van der Waals surface area (Å²) >= 11 is 8.08. The van der Waals surface area contributed by atoms with E-state index in [2.05, 4.69) is 25.5 Å². The van der Waals surface area contributed by atoms with Crippen LogP contribution in [0.15, 0.2) is 30.3 Å². The van der Waals surface area contributed by atoms with Gasteiger partial charge in [0.1, 0.15) is 18.3 Å². The molecule has 2 rings (SSSR count). The molecule has 0 aliphatic heterocycles. The van der Waals surface area contributed by atoms with Gasteiger partial charge < -0.3 is 24.7 Å². The second-order valence-corrected chi connectivity index (χ2v) is 5.35. The summed E-state index contributed by atoms with van der Waals surface area (Å²) < 4.78 is 15.2. The van der Waals surface area contributed by atoms with Crippen molar-refractivity contribution < 1.29 is 27.9 Å². The van der Waals surface area contributed by atoms with E-state index < -0.39 is 31.0 Å². The van der Waals surface area contributed by atoms with E-state index in [-0.39, 0.29) is 0 Å². The number of hydrogen-bond donors (Lipinski definition) is 3. The monoisotopic (exact) mass is 407 g/mol. The van der Waals surface area contributed by atoms with Gasteiger partial charge in [-0.1, -0.05) is 18.2 Å². The van der Waals surface area contributed by atoms with Gasteiger partial charge in [0.05, 0.1) is 34.7 Å². The summed E-state index contributed by atoms with van der Waals surface area (Å²) in [5.41, 5.74) is 0.824. The maximum absolute atomic E-state index is 11.0. The highest BCUT2D eigenvalue weighted by molar-refractivity contribution is 9.06. The molecule has 0 aliphatic rings. The van der Waals surface area contributed by atoms with Crippen LogP contribution >= 0.6 is 28.1 Å². The number of rotatable bonds is 9. The average Bonchev–Trinajstić information content (AvgIpc) is 2.99. The molecule has 126 valence electrons. The van der Waals surface area contributed by atoms with Crippen LogP contribution in [-0.2, 0) is 12.9 Å². The van der Waals surface area contributed by atoms with Crippen molar-refractivity contribution in [3.05, 3.63) is 30.3 Å². The van der Waals surface area contributed by atoms with Crippen molar-refractivity contribution in [1.82, 2.24) is 4.98 Å². The first-order chi connectivity index (χ1) is 11.1. The Bertz CT molecular complexity index is 602. The molecule has 0 amide bonds. The zero-order chi connectivity index (χ0) is 16.8.